The van der Waals surface area contributed by atoms with Gasteiger partial charge >= 0.3 is 0 Å². The molecule has 0 radical (unpaired) electrons. The molecule has 0 unspecified atom stereocenters. The molecule has 2 nitrogen and oxygen atoms in total. The zero-order valence-electron chi connectivity index (χ0n) is 9.50. The summed E-state index contributed by atoms with van der Waals surface area (Å²) in [5, 5.41) is 0.873. The van der Waals surface area contributed by atoms with Crippen molar-refractivity contribution in [3.63, 3.8) is 0 Å². The summed E-state index contributed by atoms with van der Waals surface area (Å²) in [6.07, 6.45) is 1.79. The van der Waals surface area contributed by atoms with Crippen molar-refractivity contribution < 1.29 is 4.39 Å². The number of nitrogens with zero attached hydrogens (tertiary/aromatic N) is 1. The van der Waals surface area contributed by atoms with Crippen LogP contribution in [-0.2, 0) is 6.54 Å². The monoisotopic (exact) mass is 218 g/mol. The summed E-state index contributed by atoms with van der Waals surface area (Å²) in [5.74, 6) is 0.0798. The van der Waals surface area contributed by atoms with Gasteiger partial charge in [-0.3, -0.25) is 4.98 Å². The van der Waals surface area contributed by atoms with Crippen molar-refractivity contribution in [2.24, 2.45) is 5.73 Å². The maximum Gasteiger partial charge on any atom is 0.123 e. The average Bonchev–Trinajstić information content (AvgIpc) is 2.26. The molecule has 0 aliphatic rings. The van der Waals surface area contributed by atoms with Crippen molar-refractivity contribution in [1.29, 1.82) is 0 Å². The van der Waals surface area contributed by atoms with Crippen molar-refractivity contribution in [2.45, 2.75) is 26.3 Å². The molecule has 0 bridgehead atoms. The molecule has 2 aromatic rings. The number of pyridine rings is 1. The molecule has 1 aromatic heterocycles. The van der Waals surface area contributed by atoms with Gasteiger partial charge in [-0.25, -0.2) is 4.39 Å². The van der Waals surface area contributed by atoms with Gasteiger partial charge in [-0.1, -0.05) is 13.8 Å². The molecule has 0 spiro atoms. The Kier molecular flexibility index (Phi) is 2.88. The molecule has 2 rings (SSSR count). The normalized spacial score (nSPS) is 11.3. The third-order valence-electron chi connectivity index (χ3n) is 2.75. The van der Waals surface area contributed by atoms with Gasteiger partial charge in [0.15, 0.2) is 0 Å². The third-order valence-corrected chi connectivity index (χ3v) is 2.75. The third kappa shape index (κ3) is 1.78. The van der Waals surface area contributed by atoms with E-state index in [0.717, 1.165) is 22.0 Å². The van der Waals surface area contributed by atoms with E-state index >= 15 is 0 Å². The van der Waals surface area contributed by atoms with Crippen molar-refractivity contribution in [2.75, 3.05) is 0 Å². The topological polar surface area (TPSA) is 38.9 Å². The summed E-state index contributed by atoms with van der Waals surface area (Å²) in [6, 6.07) is 4.68. The Morgan fingerprint density at radius 1 is 1.38 bits per heavy atom. The fourth-order valence-corrected chi connectivity index (χ4v) is 2.07. The van der Waals surface area contributed by atoms with Gasteiger partial charge in [-0.2, -0.15) is 0 Å². The van der Waals surface area contributed by atoms with Gasteiger partial charge in [0.05, 0.1) is 5.52 Å². The van der Waals surface area contributed by atoms with Crippen LogP contribution in [0.5, 0.6) is 0 Å². The predicted octanol–water partition coefficient (Wildman–Crippen LogP) is 2.96. The van der Waals surface area contributed by atoms with E-state index < -0.39 is 0 Å². The Bertz CT molecular complexity index is 521. The van der Waals surface area contributed by atoms with Gasteiger partial charge in [0.1, 0.15) is 5.82 Å². The summed E-state index contributed by atoms with van der Waals surface area (Å²) >= 11 is 0. The Morgan fingerprint density at radius 2 is 2.12 bits per heavy atom. The standard InChI is InChI=1S/C13H15FN2/c1-8(2)13-9(6-15)7-16-12-4-3-10(14)5-11(12)13/h3-5,7-8H,6,15H2,1-2H3. The number of hydrogen-bond acceptors (Lipinski definition) is 2. The Hall–Kier alpha value is -1.48. The van der Waals surface area contributed by atoms with Gasteiger partial charge < -0.3 is 5.73 Å². The Morgan fingerprint density at radius 3 is 2.75 bits per heavy atom. The molecule has 0 atom stereocenters. The first-order valence-corrected chi connectivity index (χ1v) is 5.40. The fraction of sp³-hybridized carbons (Fsp3) is 0.308. The average molecular weight is 218 g/mol. The zero-order chi connectivity index (χ0) is 11.7. The molecular formula is C13H15FN2. The first-order valence-electron chi connectivity index (χ1n) is 5.40. The molecular weight excluding hydrogens is 203 g/mol. The van der Waals surface area contributed by atoms with Gasteiger partial charge in [0.25, 0.3) is 0 Å². The van der Waals surface area contributed by atoms with Crippen molar-refractivity contribution >= 4 is 10.9 Å². The van der Waals surface area contributed by atoms with Crippen LogP contribution in [0.2, 0.25) is 0 Å². The van der Waals surface area contributed by atoms with E-state index in [0.29, 0.717) is 12.5 Å². The second kappa shape index (κ2) is 4.18. The minimum Gasteiger partial charge on any atom is -0.326 e. The van der Waals surface area contributed by atoms with E-state index in [-0.39, 0.29) is 5.82 Å². The van der Waals surface area contributed by atoms with Crippen LogP contribution in [-0.4, -0.2) is 4.98 Å². The number of halogens is 1. The van der Waals surface area contributed by atoms with Gasteiger partial charge in [0.2, 0.25) is 0 Å². The van der Waals surface area contributed by atoms with Gasteiger partial charge in [-0.15, -0.1) is 0 Å². The van der Waals surface area contributed by atoms with Crippen molar-refractivity contribution in [3.8, 4) is 0 Å². The number of aromatic nitrogens is 1. The second-order valence-corrected chi connectivity index (χ2v) is 4.22. The molecule has 1 aromatic carbocycles. The Labute approximate surface area is 94.3 Å². The van der Waals surface area contributed by atoms with Crippen LogP contribution in [0, 0.1) is 5.82 Å². The molecule has 0 amide bonds. The highest BCUT2D eigenvalue weighted by Gasteiger charge is 2.11. The summed E-state index contributed by atoms with van der Waals surface area (Å²) in [7, 11) is 0. The lowest BCUT2D eigenvalue weighted by Crippen LogP contribution is -2.05. The molecule has 0 fully saturated rings. The van der Waals surface area contributed by atoms with E-state index in [1.165, 1.54) is 12.1 Å². The van der Waals surface area contributed by atoms with E-state index in [2.05, 4.69) is 18.8 Å². The fourth-order valence-electron chi connectivity index (χ4n) is 2.07. The molecule has 84 valence electrons. The lowest BCUT2D eigenvalue weighted by atomic mass is 9.94. The van der Waals surface area contributed by atoms with Gasteiger partial charge in [0, 0.05) is 18.1 Å². The quantitative estimate of drug-likeness (QED) is 0.841. The van der Waals surface area contributed by atoms with E-state index in [4.69, 9.17) is 5.73 Å². The second-order valence-electron chi connectivity index (χ2n) is 4.22. The van der Waals surface area contributed by atoms with Crippen molar-refractivity contribution in [1.82, 2.24) is 4.98 Å². The summed E-state index contributed by atoms with van der Waals surface area (Å²) in [4.78, 5) is 4.29. The molecule has 0 aliphatic heterocycles. The maximum atomic E-state index is 13.3. The highest BCUT2D eigenvalue weighted by Crippen LogP contribution is 2.27. The van der Waals surface area contributed by atoms with Crippen molar-refractivity contribution in [3.05, 3.63) is 41.3 Å². The van der Waals surface area contributed by atoms with Gasteiger partial charge in [-0.05, 0) is 35.2 Å². The predicted molar refractivity (Wildman–Crippen MR) is 63.7 cm³/mol. The molecule has 0 saturated carbocycles. The zero-order valence-corrected chi connectivity index (χ0v) is 9.50. The molecule has 0 aliphatic carbocycles. The van der Waals surface area contributed by atoms with E-state index in [9.17, 15) is 4.39 Å². The lowest BCUT2D eigenvalue weighted by molar-refractivity contribution is 0.629. The number of nitrogens with two attached hydrogens (primary N) is 1. The number of fused-ring (bicyclic) bond motifs is 1. The SMILES string of the molecule is CC(C)c1c(CN)cnc2ccc(F)cc12. The minimum absolute atomic E-state index is 0.231. The lowest BCUT2D eigenvalue weighted by Gasteiger charge is -2.14. The molecule has 3 heteroatoms. The van der Waals surface area contributed by atoms with Crippen LogP contribution in [0.1, 0.15) is 30.9 Å². The summed E-state index contributed by atoms with van der Waals surface area (Å²) in [5.41, 5.74) is 8.60. The van der Waals surface area contributed by atoms with Crippen LogP contribution in [0.4, 0.5) is 4.39 Å². The van der Waals surface area contributed by atoms with Crippen LogP contribution >= 0.6 is 0 Å². The van der Waals surface area contributed by atoms with Crippen LogP contribution in [0.3, 0.4) is 0 Å². The number of benzene rings is 1. The number of hydrogen-bond donors (Lipinski definition) is 1. The largest absolute Gasteiger partial charge is 0.326 e. The molecule has 2 N–H and O–H groups in total. The maximum absolute atomic E-state index is 13.3. The first-order chi connectivity index (χ1) is 7.63. The molecule has 1 heterocycles. The Balaban J connectivity index is 2.81. The van der Waals surface area contributed by atoms with Crippen LogP contribution in [0.25, 0.3) is 10.9 Å². The number of rotatable bonds is 2. The van der Waals surface area contributed by atoms with E-state index in [1.807, 2.05) is 0 Å². The smallest absolute Gasteiger partial charge is 0.123 e. The highest BCUT2D eigenvalue weighted by atomic mass is 19.1. The summed E-state index contributed by atoms with van der Waals surface area (Å²) in [6.45, 7) is 4.60. The molecule has 16 heavy (non-hydrogen) atoms. The summed E-state index contributed by atoms with van der Waals surface area (Å²) < 4.78 is 13.3. The van der Waals surface area contributed by atoms with E-state index in [1.54, 1.807) is 12.3 Å². The highest BCUT2D eigenvalue weighted by molar-refractivity contribution is 5.83. The first kappa shape index (κ1) is 11.0. The minimum atomic E-state index is -0.231. The van der Waals surface area contributed by atoms with Crippen LogP contribution in [0.15, 0.2) is 24.4 Å². The van der Waals surface area contributed by atoms with Crippen LogP contribution < -0.4 is 5.73 Å². The molecule has 0 saturated heterocycles.